The molecule has 4 nitrogen and oxygen atoms in total. The van der Waals surface area contributed by atoms with Gasteiger partial charge in [0.1, 0.15) is 0 Å². The second kappa shape index (κ2) is 7.02. The molecule has 2 aromatic rings. The molecule has 0 N–H and O–H groups in total. The molecule has 0 radical (unpaired) electrons. The topological polar surface area (TPSA) is 46.1 Å². The number of nitrogens with zero attached hydrogens (tertiary/aromatic N) is 3. The minimum absolute atomic E-state index is 0.111. The normalized spacial score (nSPS) is 23.4. The van der Waals surface area contributed by atoms with Crippen LogP contribution >= 0.6 is 0 Å². The van der Waals surface area contributed by atoms with Gasteiger partial charge in [-0.2, -0.15) is 0 Å². The van der Waals surface area contributed by atoms with Crippen LogP contribution in [0.3, 0.4) is 0 Å². The molecular formula is C22H25N3O. The zero-order valence-corrected chi connectivity index (χ0v) is 15.4. The second-order valence-corrected chi connectivity index (χ2v) is 7.62. The van der Waals surface area contributed by atoms with E-state index in [-0.39, 0.29) is 11.8 Å². The summed E-state index contributed by atoms with van der Waals surface area (Å²) >= 11 is 0. The Bertz CT molecular complexity index is 797. The van der Waals surface area contributed by atoms with Crippen LogP contribution in [0.25, 0.3) is 0 Å². The molecule has 26 heavy (non-hydrogen) atoms. The first-order chi connectivity index (χ1) is 12.6. The number of allylic oxidation sites excluding steroid dienone is 2. The molecule has 3 atom stereocenters. The minimum atomic E-state index is 0.111. The molecule has 4 heteroatoms. The van der Waals surface area contributed by atoms with E-state index in [1.165, 1.54) is 0 Å². The summed E-state index contributed by atoms with van der Waals surface area (Å²) in [5.41, 5.74) is 3.83. The Morgan fingerprint density at radius 3 is 2.04 bits per heavy atom. The van der Waals surface area contributed by atoms with Crippen LogP contribution < -0.4 is 0 Å². The molecule has 2 aliphatic carbocycles. The molecule has 0 saturated heterocycles. The van der Waals surface area contributed by atoms with E-state index in [0.717, 1.165) is 35.6 Å². The molecule has 2 aromatic heterocycles. The molecule has 1 saturated carbocycles. The molecular weight excluding hydrogens is 322 g/mol. The van der Waals surface area contributed by atoms with Gasteiger partial charge in [-0.3, -0.25) is 14.8 Å². The van der Waals surface area contributed by atoms with Crippen LogP contribution in [0.5, 0.6) is 0 Å². The highest BCUT2D eigenvalue weighted by Crippen LogP contribution is 2.44. The molecule has 1 amide bonds. The van der Waals surface area contributed by atoms with Crippen LogP contribution in [0.4, 0.5) is 0 Å². The molecule has 0 spiro atoms. The highest BCUT2D eigenvalue weighted by Gasteiger charge is 2.41. The number of hydrogen-bond donors (Lipinski definition) is 0. The minimum Gasteiger partial charge on any atom is -0.331 e. The lowest BCUT2D eigenvalue weighted by Crippen LogP contribution is -2.37. The van der Waals surface area contributed by atoms with Crippen molar-refractivity contribution in [2.75, 3.05) is 0 Å². The third-order valence-electron chi connectivity index (χ3n) is 5.51. The SMILES string of the molecule is Cc1cccc(CN(Cc2cccc(C)n2)C(=O)[C@@H]2C[C@H]3C=C[C@H]2C3)n1. The molecule has 0 aliphatic heterocycles. The third-order valence-corrected chi connectivity index (χ3v) is 5.51. The average molecular weight is 347 g/mol. The fraction of sp³-hybridized carbons (Fsp3) is 0.409. The first-order valence-corrected chi connectivity index (χ1v) is 9.40. The summed E-state index contributed by atoms with van der Waals surface area (Å²) in [6.07, 6.45) is 6.64. The van der Waals surface area contributed by atoms with Gasteiger partial charge in [0.05, 0.1) is 24.5 Å². The van der Waals surface area contributed by atoms with Gasteiger partial charge in [-0.25, -0.2) is 0 Å². The summed E-state index contributed by atoms with van der Waals surface area (Å²) in [6.45, 7) is 5.04. The average Bonchev–Trinajstić information content (AvgIpc) is 3.24. The molecule has 1 fully saturated rings. The standard InChI is InChI=1S/C22H25N3O/c1-15-5-3-7-19(23-15)13-25(14-20-8-4-6-16(2)24-20)22(26)21-12-17-9-10-18(21)11-17/h3-10,17-18,21H,11-14H2,1-2H3/t17-,18-,21+/m0/s1. The van der Waals surface area contributed by atoms with Crippen molar-refractivity contribution in [1.82, 2.24) is 14.9 Å². The van der Waals surface area contributed by atoms with Crippen molar-refractivity contribution in [1.29, 1.82) is 0 Å². The van der Waals surface area contributed by atoms with E-state index in [1.54, 1.807) is 0 Å². The van der Waals surface area contributed by atoms with Crippen LogP contribution in [-0.4, -0.2) is 20.8 Å². The third kappa shape index (κ3) is 3.55. The van der Waals surface area contributed by atoms with Gasteiger partial charge in [0, 0.05) is 17.3 Å². The van der Waals surface area contributed by atoms with Crippen LogP contribution in [-0.2, 0) is 17.9 Å². The predicted octanol–water partition coefficient (Wildman–Crippen LogP) is 3.83. The first kappa shape index (κ1) is 17.0. The Balaban J connectivity index is 1.58. The summed E-state index contributed by atoms with van der Waals surface area (Å²) in [7, 11) is 0. The number of rotatable bonds is 5. The van der Waals surface area contributed by atoms with Gasteiger partial charge in [-0.15, -0.1) is 0 Å². The summed E-state index contributed by atoms with van der Waals surface area (Å²) in [4.78, 5) is 24.5. The number of hydrogen-bond acceptors (Lipinski definition) is 3. The van der Waals surface area contributed by atoms with Crippen molar-refractivity contribution in [3.63, 3.8) is 0 Å². The van der Waals surface area contributed by atoms with Gasteiger partial charge in [-0.1, -0.05) is 24.3 Å². The van der Waals surface area contributed by atoms with E-state index in [2.05, 4.69) is 22.1 Å². The number of aryl methyl sites for hydroxylation is 2. The Morgan fingerprint density at radius 2 is 1.58 bits per heavy atom. The van der Waals surface area contributed by atoms with E-state index in [0.29, 0.717) is 24.9 Å². The maximum absolute atomic E-state index is 13.4. The summed E-state index contributed by atoms with van der Waals surface area (Å²) in [5, 5.41) is 0. The molecule has 2 bridgehead atoms. The lowest BCUT2D eigenvalue weighted by atomic mass is 9.92. The zero-order chi connectivity index (χ0) is 18.1. The van der Waals surface area contributed by atoms with Crippen molar-refractivity contribution < 1.29 is 4.79 Å². The Kier molecular flexibility index (Phi) is 4.58. The van der Waals surface area contributed by atoms with Crippen LogP contribution in [0.15, 0.2) is 48.6 Å². The molecule has 134 valence electrons. The van der Waals surface area contributed by atoms with Gasteiger partial charge in [0.2, 0.25) is 5.91 Å². The van der Waals surface area contributed by atoms with Gasteiger partial charge in [-0.05, 0) is 62.8 Å². The first-order valence-electron chi connectivity index (χ1n) is 9.40. The molecule has 4 rings (SSSR count). The van der Waals surface area contributed by atoms with E-state index >= 15 is 0 Å². The predicted molar refractivity (Wildman–Crippen MR) is 101 cm³/mol. The van der Waals surface area contributed by atoms with Crippen molar-refractivity contribution in [2.45, 2.75) is 39.8 Å². The largest absolute Gasteiger partial charge is 0.331 e. The van der Waals surface area contributed by atoms with E-state index in [4.69, 9.17) is 0 Å². The Labute approximate surface area is 155 Å². The Hall–Kier alpha value is -2.49. The number of fused-ring (bicyclic) bond motifs is 2. The number of pyridine rings is 2. The van der Waals surface area contributed by atoms with Crippen molar-refractivity contribution in [2.24, 2.45) is 17.8 Å². The summed E-state index contributed by atoms with van der Waals surface area (Å²) < 4.78 is 0. The van der Waals surface area contributed by atoms with Crippen LogP contribution in [0.1, 0.15) is 35.6 Å². The number of aromatic nitrogens is 2. The van der Waals surface area contributed by atoms with Crippen molar-refractivity contribution in [3.8, 4) is 0 Å². The smallest absolute Gasteiger partial charge is 0.227 e. The van der Waals surface area contributed by atoms with Crippen molar-refractivity contribution >= 4 is 5.91 Å². The van der Waals surface area contributed by atoms with Gasteiger partial charge in [0.25, 0.3) is 0 Å². The monoisotopic (exact) mass is 347 g/mol. The molecule has 0 aromatic carbocycles. The fourth-order valence-corrected chi connectivity index (χ4v) is 4.28. The van der Waals surface area contributed by atoms with E-state index in [1.807, 2.05) is 55.1 Å². The van der Waals surface area contributed by atoms with Crippen LogP contribution in [0.2, 0.25) is 0 Å². The highest BCUT2D eigenvalue weighted by atomic mass is 16.2. The quantitative estimate of drug-likeness (QED) is 0.772. The van der Waals surface area contributed by atoms with Gasteiger partial charge < -0.3 is 4.90 Å². The van der Waals surface area contributed by atoms with Crippen LogP contribution in [0, 0.1) is 31.6 Å². The Morgan fingerprint density at radius 1 is 0.962 bits per heavy atom. The summed E-state index contributed by atoms with van der Waals surface area (Å²) in [5.74, 6) is 1.35. The van der Waals surface area contributed by atoms with Gasteiger partial charge in [0.15, 0.2) is 0 Å². The number of carbonyl (C=O) groups excluding carboxylic acids is 1. The second-order valence-electron chi connectivity index (χ2n) is 7.62. The molecule has 0 unspecified atom stereocenters. The maximum Gasteiger partial charge on any atom is 0.227 e. The number of amides is 1. The van der Waals surface area contributed by atoms with Gasteiger partial charge >= 0.3 is 0 Å². The lowest BCUT2D eigenvalue weighted by Gasteiger charge is -2.28. The van der Waals surface area contributed by atoms with E-state index < -0.39 is 0 Å². The zero-order valence-electron chi connectivity index (χ0n) is 15.4. The summed E-state index contributed by atoms with van der Waals surface area (Å²) in [6, 6.07) is 12.0. The maximum atomic E-state index is 13.4. The highest BCUT2D eigenvalue weighted by molar-refractivity contribution is 5.80. The van der Waals surface area contributed by atoms with Crippen molar-refractivity contribution in [3.05, 3.63) is 71.3 Å². The van der Waals surface area contributed by atoms with E-state index in [9.17, 15) is 4.79 Å². The molecule has 2 heterocycles. The molecule has 2 aliphatic rings. The fourth-order valence-electron chi connectivity index (χ4n) is 4.28. The lowest BCUT2D eigenvalue weighted by molar-refractivity contribution is -0.137. The number of carbonyl (C=O) groups is 1.